The molecule has 1 aromatic rings. The van der Waals surface area contributed by atoms with E-state index in [1.165, 1.54) is 11.8 Å². The monoisotopic (exact) mass is 338 g/mol. The summed E-state index contributed by atoms with van der Waals surface area (Å²) < 4.78 is 47.6. The number of thioether (sulfide) groups is 1. The predicted molar refractivity (Wildman–Crippen MR) is 73.2 cm³/mol. The molecule has 0 fully saturated rings. The zero-order valence-corrected chi connectivity index (χ0v) is 12.3. The number of aromatic carboxylic acids is 1. The number of hydrogen-bond acceptors (Lipinski definition) is 5. The number of carbonyl (C=O) groups excluding carboxylic acids is 1. The van der Waals surface area contributed by atoms with E-state index in [0.717, 1.165) is 6.07 Å². The molecule has 22 heavy (non-hydrogen) atoms. The van der Waals surface area contributed by atoms with Crippen LogP contribution in [0.2, 0.25) is 0 Å². The molecule has 0 aliphatic carbocycles. The molecular weight excluding hydrogens is 325 g/mol. The Labute approximate surface area is 128 Å². The van der Waals surface area contributed by atoms with Gasteiger partial charge in [-0.2, -0.15) is 24.9 Å². The fraction of sp³-hybridized carbons (Fsp3) is 0.385. The molecule has 1 N–H and O–H groups in total. The fourth-order valence-corrected chi connectivity index (χ4v) is 1.78. The number of alkyl halides is 3. The van der Waals surface area contributed by atoms with Crippen LogP contribution in [0, 0.1) is 0 Å². The first kappa shape index (κ1) is 18.1. The average Bonchev–Trinajstić information content (AvgIpc) is 2.42. The molecule has 122 valence electrons. The topological polar surface area (TPSA) is 72.8 Å². The summed E-state index contributed by atoms with van der Waals surface area (Å²) in [6.07, 6.45) is -2.90. The number of benzene rings is 1. The number of esters is 1. The van der Waals surface area contributed by atoms with Gasteiger partial charge in [0.15, 0.2) is 0 Å². The summed E-state index contributed by atoms with van der Waals surface area (Å²) in [6.45, 7) is -0.434. The van der Waals surface area contributed by atoms with Gasteiger partial charge in [-0.25, -0.2) is 4.79 Å². The highest BCUT2D eigenvalue weighted by Gasteiger charge is 2.31. The summed E-state index contributed by atoms with van der Waals surface area (Å²) in [5.74, 6) is -2.19. The lowest BCUT2D eigenvalue weighted by molar-refractivity contribution is -0.141. The Hall–Kier alpha value is -1.90. The van der Waals surface area contributed by atoms with Crippen LogP contribution in [-0.2, 0) is 15.7 Å². The van der Waals surface area contributed by atoms with E-state index >= 15 is 0 Å². The molecule has 0 unspecified atom stereocenters. The summed E-state index contributed by atoms with van der Waals surface area (Å²) in [5.41, 5.74) is -1.42. The molecule has 0 saturated carbocycles. The van der Waals surface area contributed by atoms with Crippen molar-refractivity contribution in [1.29, 1.82) is 0 Å². The number of carboxylic acids is 1. The fourth-order valence-electron chi connectivity index (χ4n) is 1.46. The van der Waals surface area contributed by atoms with Crippen molar-refractivity contribution in [1.82, 2.24) is 0 Å². The van der Waals surface area contributed by atoms with Gasteiger partial charge in [0.2, 0.25) is 0 Å². The van der Waals surface area contributed by atoms with Crippen molar-refractivity contribution in [3.63, 3.8) is 0 Å². The highest BCUT2D eigenvalue weighted by Crippen LogP contribution is 2.33. The van der Waals surface area contributed by atoms with Crippen LogP contribution in [0.5, 0.6) is 5.75 Å². The van der Waals surface area contributed by atoms with E-state index in [-0.39, 0.29) is 19.0 Å². The molecule has 0 aromatic heterocycles. The SMILES string of the molecule is CSCC(=O)OCCOc1cc(C(F)(F)F)ccc1C(=O)O. The molecule has 0 atom stereocenters. The minimum atomic E-state index is -4.61. The Morgan fingerprint density at radius 2 is 1.95 bits per heavy atom. The number of ether oxygens (including phenoxy) is 2. The van der Waals surface area contributed by atoms with E-state index in [9.17, 15) is 22.8 Å². The Morgan fingerprint density at radius 1 is 1.27 bits per heavy atom. The van der Waals surface area contributed by atoms with Gasteiger partial charge in [0.05, 0.1) is 11.3 Å². The number of carboxylic acid groups (broad SMARTS) is 1. The number of carbonyl (C=O) groups is 2. The minimum Gasteiger partial charge on any atom is -0.489 e. The first-order valence-electron chi connectivity index (χ1n) is 5.97. The molecule has 0 saturated heterocycles. The summed E-state index contributed by atoms with van der Waals surface area (Å²) >= 11 is 1.26. The van der Waals surface area contributed by atoms with Crippen LogP contribution < -0.4 is 4.74 Å². The molecule has 0 heterocycles. The molecule has 0 amide bonds. The molecule has 1 rings (SSSR count). The van der Waals surface area contributed by atoms with Crippen LogP contribution in [-0.4, -0.2) is 42.3 Å². The molecule has 0 radical (unpaired) electrons. The van der Waals surface area contributed by atoms with Crippen LogP contribution in [0.3, 0.4) is 0 Å². The zero-order chi connectivity index (χ0) is 16.8. The molecule has 0 bridgehead atoms. The molecule has 0 aliphatic heterocycles. The highest BCUT2D eigenvalue weighted by molar-refractivity contribution is 7.99. The second-order valence-electron chi connectivity index (χ2n) is 4.02. The summed E-state index contributed by atoms with van der Waals surface area (Å²) in [5, 5.41) is 8.92. The van der Waals surface area contributed by atoms with Crippen LogP contribution in [0.15, 0.2) is 18.2 Å². The van der Waals surface area contributed by atoms with Crippen molar-refractivity contribution in [2.45, 2.75) is 6.18 Å². The maximum absolute atomic E-state index is 12.6. The van der Waals surface area contributed by atoms with Crippen molar-refractivity contribution >= 4 is 23.7 Å². The molecule has 1 aromatic carbocycles. The lowest BCUT2D eigenvalue weighted by atomic mass is 10.1. The van der Waals surface area contributed by atoms with Crippen molar-refractivity contribution in [3.05, 3.63) is 29.3 Å². The third-order valence-corrected chi connectivity index (χ3v) is 2.93. The van der Waals surface area contributed by atoms with Crippen LogP contribution in [0.4, 0.5) is 13.2 Å². The van der Waals surface area contributed by atoms with Gasteiger partial charge < -0.3 is 14.6 Å². The van der Waals surface area contributed by atoms with Crippen LogP contribution >= 0.6 is 11.8 Å². The van der Waals surface area contributed by atoms with Crippen molar-refractivity contribution in [2.24, 2.45) is 0 Å². The molecule has 0 spiro atoms. The van der Waals surface area contributed by atoms with E-state index < -0.39 is 35.0 Å². The lowest BCUT2D eigenvalue weighted by Gasteiger charge is -2.13. The second kappa shape index (κ2) is 7.92. The first-order chi connectivity index (χ1) is 10.3. The van der Waals surface area contributed by atoms with Gasteiger partial charge in [0, 0.05) is 0 Å². The van der Waals surface area contributed by atoms with E-state index in [2.05, 4.69) is 0 Å². The summed E-state index contributed by atoms with van der Waals surface area (Å²) in [6, 6.07) is 2.09. The van der Waals surface area contributed by atoms with Gasteiger partial charge in [-0.1, -0.05) is 0 Å². The van der Waals surface area contributed by atoms with Gasteiger partial charge in [-0.05, 0) is 24.5 Å². The maximum Gasteiger partial charge on any atom is 0.416 e. The van der Waals surface area contributed by atoms with Crippen molar-refractivity contribution < 1.29 is 37.3 Å². The Bertz CT molecular complexity index is 545. The first-order valence-corrected chi connectivity index (χ1v) is 7.37. The summed E-state index contributed by atoms with van der Waals surface area (Å²) in [7, 11) is 0. The van der Waals surface area contributed by atoms with Gasteiger partial charge in [0.1, 0.15) is 24.5 Å². The number of rotatable bonds is 7. The second-order valence-corrected chi connectivity index (χ2v) is 4.88. The van der Waals surface area contributed by atoms with Gasteiger partial charge >= 0.3 is 18.1 Å². The average molecular weight is 338 g/mol. The molecular formula is C13H13F3O5S. The van der Waals surface area contributed by atoms with Crippen molar-refractivity contribution in [2.75, 3.05) is 25.2 Å². The van der Waals surface area contributed by atoms with Crippen LogP contribution in [0.1, 0.15) is 15.9 Å². The van der Waals surface area contributed by atoms with Gasteiger partial charge in [-0.3, -0.25) is 4.79 Å². The minimum absolute atomic E-state index is 0.143. The smallest absolute Gasteiger partial charge is 0.416 e. The predicted octanol–water partition coefficient (Wildman–Crippen LogP) is 2.69. The third-order valence-electron chi connectivity index (χ3n) is 2.41. The standard InChI is InChI=1S/C13H13F3O5S/c1-22-7-11(17)21-5-4-20-10-6-8(13(14,15)16)2-3-9(10)12(18)19/h2-3,6H,4-5,7H2,1H3,(H,18,19). The van der Waals surface area contributed by atoms with Crippen LogP contribution in [0.25, 0.3) is 0 Å². The normalized spacial score (nSPS) is 11.1. The van der Waals surface area contributed by atoms with E-state index in [4.69, 9.17) is 14.6 Å². The van der Waals surface area contributed by atoms with Crippen molar-refractivity contribution in [3.8, 4) is 5.75 Å². The largest absolute Gasteiger partial charge is 0.489 e. The molecule has 5 nitrogen and oxygen atoms in total. The Balaban J connectivity index is 2.74. The van der Waals surface area contributed by atoms with E-state index in [0.29, 0.717) is 12.1 Å². The third kappa shape index (κ3) is 5.47. The molecule has 0 aliphatic rings. The molecule has 9 heteroatoms. The zero-order valence-electron chi connectivity index (χ0n) is 11.5. The Morgan fingerprint density at radius 3 is 2.50 bits per heavy atom. The maximum atomic E-state index is 12.6. The highest BCUT2D eigenvalue weighted by atomic mass is 32.2. The van der Waals surface area contributed by atoms with E-state index in [1.807, 2.05) is 0 Å². The number of halogens is 3. The van der Waals surface area contributed by atoms with Gasteiger partial charge in [0.25, 0.3) is 0 Å². The lowest BCUT2D eigenvalue weighted by Crippen LogP contribution is -2.15. The Kier molecular flexibility index (Phi) is 6.54. The van der Waals surface area contributed by atoms with Gasteiger partial charge in [-0.15, -0.1) is 0 Å². The number of hydrogen-bond donors (Lipinski definition) is 1. The summed E-state index contributed by atoms with van der Waals surface area (Å²) in [4.78, 5) is 22.0. The quantitative estimate of drug-likeness (QED) is 0.609. The van der Waals surface area contributed by atoms with E-state index in [1.54, 1.807) is 6.26 Å².